The van der Waals surface area contributed by atoms with Crippen LogP contribution in [0.4, 0.5) is 0 Å². The summed E-state index contributed by atoms with van der Waals surface area (Å²) < 4.78 is 5.83. The van der Waals surface area contributed by atoms with E-state index in [1.165, 1.54) is 5.56 Å². The van der Waals surface area contributed by atoms with Gasteiger partial charge in [0.05, 0.1) is 13.1 Å². The first-order valence-corrected chi connectivity index (χ1v) is 6.05. The molecule has 1 aromatic rings. The molecule has 1 N–H and O–H groups in total. The van der Waals surface area contributed by atoms with Gasteiger partial charge in [-0.15, -0.1) is 0 Å². The molecule has 0 aliphatic rings. The van der Waals surface area contributed by atoms with E-state index in [1.807, 2.05) is 7.05 Å². The van der Waals surface area contributed by atoms with E-state index >= 15 is 0 Å². The lowest BCUT2D eigenvalue weighted by atomic mass is 10.2. The molecule has 0 amide bonds. The Bertz CT molecular complexity index is 318. The molecule has 3 heteroatoms. The van der Waals surface area contributed by atoms with E-state index in [0.29, 0.717) is 6.04 Å². The first kappa shape index (κ1) is 13.3. The van der Waals surface area contributed by atoms with Gasteiger partial charge < -0.3 is 9.73 Å². The first-order chi connectivity index (χ1) is 7.58. The Morgan fingerprint density at radius 1 is 1.44 bits per heavy atom. The van der Waals surface area contributed by atoms with Crippen molar-refractivity contribution in [2.45, 2.75) is 46.8 Å². The highest BCUT2D eigenvalue weighted by molar-refractivity contribution is 5.20. The van der Waals surface area contributed by atoms with E-state index in [2.05, 4.69) is 44.0 Å². The van der Waals surface area contributed by atoms with Crippen LogP contribution in [0.15, 0.2) is 10.5 Å². The lowest BCUT2D eigenvalue weighted by Gasteiger charge is -2.23. The van der Waals surface area contributed by atoms with Crippen LogP contribution in [0.25, 0.3) is 0 Å². The monoisotopic (exact) mass is 224 g/mol. The van der Waals surface area contributed by atoms with Crippen molar-refractivity contribution in [3.05, 3.63) is 23.2 Å². The maximum Gasteiger partial charge on any atom is 0.120 e. The Labute approximate surface area is 98.8 Å². The number of nitrogens with zero attached hydrogens (tertiary/aromatic N) is 1. The van der Waals surface area contributed by atoms with Gasteiger partial charge in [-0.3, -0.25) is 4.90 Å². The molecule has 0 fully saturated rings. The van der Waals surface area contributed by atoms with Gasteiger partial charge in [-0.05, 0) is 46.0 Å². The zero-order chi connectivity index (χ0) is 12.1. The van der Waals surface area contributed by atoms with Gasteiger partial charge in [-0.2, -0.15) is 0 Å². The molecule has 1 aromatic heterocycles. The summed E-state index contributed by atoms with van der Waals surface area (Å²) in [5, 5.41) is 3.12. The Balaban J connectivity index is 2.69. The Kier molecular flexibility index (Phi) is 5.03. The van der Waals surface area contributed by atoms with E-state index in [1.54, 1.807) is 0 Å². The molecule has 0 spiro atoms. The van der Waals surface area contributed by atoms with E-state index in [0.717, 1.165) is 31.2 Å². The van der Waals surface area contributed by atoms with Crippen molar-refractivity contribution in [2.75, 3.05) is 13.6 Å². The third kappa shape index (κ3) is 3.35. The van der Waals surface area contributed by atoms with Crippen molar-refractivity contribution < 1.29 is 4.42 Å². The van der Waals surface area contributed by atoms with Crippen molar-refractivity contribution in [2.24, 2.45) is 0 Å². The number of furan rings is 1. The summed E-state index contributed by atoms with van der Waals surface area (Å²) >= 11 is 0. The zero-order valence-corrected chi connectivity index (χ0v) is 11.1. The fourth-order valence-electron chi connectivity index (χ4n) is 1.86. The minimum absolute atomic E-state index is 0.558. The highest BCUT2D eigenvalue weighted by Crippen LogP contribution is 2.17. The summed E-state index contributed by atoms with van der Waals surface area (Å²) in [7, 11) is 1.94. The fraction of sp³-hybridized carbons (Fsp3) is 0.692. The van der Waals surface area contributed by atoms with Crippen LogP contribution >= 0.6 is 0 Å². The minimum atomic E-state index is 0.558. The lowest BCUT2D eigenvalue weighted by molar-refractivity contribution is 0.205. The van der Waals surface area contributed by atoms with Crippen LogP contribution in [0.5, 0.6) is 0 Å². The molecule has 0 saturated heterocycles. The molecule has 0 aliphatic carbocycles. The highest BCUT2D eigenvalue weighted by atomic mass is 16.3. The number of hydrogen-bond acceptors (Lipinski definition) is 3. The smallest absolute Gasteiger partial charge is 0.120 e. The second kappa shape index (κ2) is 6.06. The molecule has 1 rings (SSSR count). The minimum Gasteiger partial charge on any atom is -0.463 e. The molecule has 92 valence electrons. The van der Waals surface area contributed by atoms with Crippen LogP contribution in [-0.2, 0) is 13.1 Å². The molecular formula is C13H24N2O. The number of aryl methyl sites for hydroxylation is 1. The molecule has 1 heterocycles. The quantitative estimate of drug-likeness (QED) is 0.805. The molecule has 0 bridgehead atoms. The largest absolute Gasteiger partial charge is 0.463 e. The predicted octanol–water partition coefficient (Wildman–Crippen LogP) is 2.54. The van der Waals surface area contributed by atoms with Crippen molar-refractivity contribution in [1.29, 1.82) is 0 Å². The van der Waals surface area contributed by atoms with Crippen LogP contribution < -0.4 is 5.32 Å². The predicted molar refractivity (Wildman–Crippen MR) is 67.4 cm³/mol. The average Bonchev–Trinajstić information content (AvgIpc) is 2.56. The molecule has 0 saturated carbocycles. The molecule has 0 aliphatic heterocycles. The first-order valence-electron chi connectivity index (χ1n) is 6.05. The molecule has 3 nitrogen and oxygen atoms in total. The number of nitrogens with one attached hydrogen (secondary N) is 1. The normalized spacial score (nSPS) is 11.7. The zero-order valence-electron chi connectivity index (χ0n) is 11.1. The van der Waals surface area contributed by atoms with Gasteiger partial charge in [0.2, 0.25) is 0 Å². The Morgan fingerprint density at radius 2 is 2.12 bits per heavy atom. The third-order valence-electron chi connectivity index (χ3n) is 2.90. The second-order valence-electron chi connectivity index (χ2n) is 4.51. The SMILES string of the molecule is CCN(Cc1cc(C)c(CNC)o1)C(C)C. The standard InChI is InChI=1S/C13H24N2O/c1-6-15(10(2)3)9-12-7-11(4)13(16-12)8-14-5/h7,10,14H,6,8-9H2,1-5H3. The molecule has 16 heavy (non-hydrogen) atoms. The van der Waals surface area contributed by atoms with Crippen molar-refractivity contribution in [3.63, 3.8) is 0 Å². The van der Waals surface area contributed by atoms with E-state index in [4.69, 9.17) is 4.42 Å². The van der Waals surface area contributed by atoms with Crippen molar-refractivity contribution >= 4 is 0 Å². The van der Waals surface area contributed by atoms with Gasteiger partial charge in [0.15, 0.2) is 0 Å². The van der Waals surface area contributed by atoms with Gasteiger partial charge >= 0.3 is 0 Å². The summed E-state index contributed by atoms with van der Waals surface area (Å²) in [4.78, 5) is 2.39. The van der Waals surface area contributed by atoms with Crippen molar-refractivity contribution in [3.8, 4) is 0 Å². The van der Waals surface area contributed by atoms with Crippen LogP contribution in [0, 0.1) is 6.92 Å². The molecule has 0 radical (unpaired) electrons. The van der Waals surface area contributed by atoms with Gasteiger partial charge in [-0.1, -0.05) is 6.92 Å². The summed E-state index contributed by atoms with van der Waals surface area (Å²) in [5.41, 5.74) is 1.24. The van der Waals surface area contributed by atoms with Crippen LogP contribution in [0.3, 0.4) is 0 Å². The van der Waals surface area contributed by atoms with Gasteiger partial charge in [0.1, 0.15) is 11.5 Å². The maximum atomic E-state index is 5.83. The molecular weight excluding hydrogens is 200 g/mol. The molecule has 0 aromatic carbocycles. The average molecular weight is 224 g/mol. The van der Waals surface area contributed by atoms with E-state index in [9.17, 15) is 0 Å². The summed E-state index contributed by atoms with van der Waals surface area (Å²) in [6.45, 7) is 11.5. The second-order valence-corrected chi connectivity index (χ2v) is 4.51. The van der Waals surface area contributed by atoms with E-state index < -0.39 is 0 Å². The Hall–Kier alpha value is -0.800. The van der Waals surface area contributed by atoms with Gasteiger partial charge in [0, 0.05) is 6.04 Å². The topological polar surface area (TPSA) is 28.4 Å². The van der Waals surface area contributed by atoms with Crippen LogP contribution in [-0.4, -0.2) is 24.5 Å². The summed E-state index contributed by atoms with van der Waals surface area (Å²) in [6, 6.07) is 2.71. The van der Waals surface area contributed by atoms with Gasteiger partial charge in [-0.25, -0.2) is 0 Å². The number of hydrogen-bond donors (Lipinski definition) is 1. The van der Waals surface area contributed by atoms with Crippen LogP contribution in [0.2, 0.25) is 0 Å². The fourth-order valence-corrected chi connectivity index (χ4v) is 1.86. The van der Waals surface area contributed by atoms with Crippen LogP contribution in [0.1, 0.15) is 37.9 Å². The number of rotatable bonds is 6. The molecule has 0 unspecified atom stereocenters. The third-order valence-corrected chi connectivity index (χ3v) is 2.90. The maximum absolute atomic E-state index is 5.83. The van der Waals surface area contributed by atoms with Gasteiger partial charge in [0.25, 0.3) is 0 Å². The summed E-state index contributed by atoms with van der Waals surface area (Å²) in [6.07, 6.45) is 0. The summed E-state index contributed by atoms with van der Waals surface area (Å²) in [5.74, 6) is 2.12. The van der Waals surface area contributed by atoms with E-state index in [-0.39, 0.29) is 0 Å². The van der Waals surface area contributed by atoms with Crippen molar-refractivity contribution in [1.82, 2.24) is 10.2 Å². The highest BCUT2D eigenvalue weighted by Gasteiger charge is 2.12. The lowest BCUT2D eigenvalue weighted by Crippen LogP contribution is -2.29. The molecule has 0 atom stereocenters. The Morgan fingerprint density at radius 3 is 2.62 bits per heavy atom.